The Balaban J connectivity index is 1.67. The van der Waals surface area contributed by atoms with E-state index in [9.17, 15) is 10.2 Å². The molecule has 130 valence electrons. The summed E-state index contributed by atoms with van der Waals surface area (Å²) in [7, 11) is 0. The molecule has 2 rings (SSSR count). The summed E-state index contributed by atoms with van der Waals surface area (Å²) in [5, 5.41) is 19.8. The first-order chi connectivity index (χ1) is 10.9. The van der Waals surface area contributed by atoms with Gasteiger partial charge in [-0.25, -0.2) is 0 Å². The van der Waals surface area contributed by atoms with Crippen molar-refractivity contribution in [2.75, 3.05) is 13.2 Å². The van der Waals surface area contributed by atoms with Crippen molar-refractivity contribution in [3.8, 4) is 0 Å². The lowest BCUT2D eigenvalue weighted by atomic mass is 10.2. The monoisotopic (exact) mass is 325 g/mol. The van der Waals surface area contributed by atoms with Crippen LogP contribution in [0.25, 0.3) is 0 Å². The molecule has 0 aliphatic heterocycles. The molecular formula is C17H27NO5. The fourth-order valence-corrected chi connectivity index (χ4v) is 2.68. The van der Waals surface area contributed by atoms with Crippen molar-refractivity contribution < 1.29 is 24.4 Å². The van der Waals surface area contributed by atoms with Crippen LogP contribution < -0.4 is 5.73 Å². The van der Waals surface area contributed by atoms with Gasteiger partial charge in [0.2, 0.25) is 0 Å². The highest BCUT2D eigenvalue weighted by molar-refractivity contribution is 5.13. The molecule has 0 bridgehead atoms. The smallest absolute Gasteiger partial charge is 0.160 e. The Bertz CT molecular complexity index is 462. The standard InChI is InChI=1S/C17H27NO5/c1-17(2,20)23-13-10-14(16(19)15(13)18)22-9-8-21-11-12-6-4-3-5-7-12/h3-7,13-16,19-20H,8-11,18H2,1-2H3/t13-,14?,15?,16+/m1/s1. The van der Waals surface area contributed by atoms with Gasteiger partial charge in [0.1, 0.15) is 0 Å². The van der Waals surface area contributed by atoms with Crippen molar-refractivity contribution in [1.82, 2.24) is 0 Å². The van der Waals surface area contributed by atoms with E-state index in [1.807, 2.05) is 30.3 Å². The highest BCUT2D eigenvalue weighted by atomic mass is 16.6. The van der Waals surface area contributed by atoms with Crippen LogP contribution in [0.5, 0.6) is 0 Å². The topological polar surface area (TPSA) is 94.2 Å². The summed E-state index contributed by atoms with van der Waals surface area (Å²) in [5.74, 6) is -1.28. The molecule has 1 aliphatic rings. The minimum Gasteiger partial charge on any atom is -0.389 e. The van der Waals surface area contributed by atoms with Gasteiger partial charge in [0, 0.05) is 6.42 Å². The normalized spacial score (nSPS) is 28.2. The van der Waals surface area contributed by atoms with E-state index >= 15 is 0 Å². The van der Waals surface area contributed by atoms with E-state index in [-0.39, 0.29) is 0 Å². The highest BCUT2D eigenvalue weighted by Gasteiger charge is 2.43. The number of hydrogen-bond acceptors (Lipinski definition) is 6. The number of nitrogens with two attached hydrogens (primary N) is 1. The average Bonchev–Trinajstić information content (AvgIpc) is 2.74. The van der Waals surface area contributed by atoms with E-state index in [0.717, 1.165) is 5.56 Å². The first kappa shape index (κ1) is 18.3. The van der Waals surface area contributed by atoms with Crippen molar-refractivity contribution in [1.29, 1.82) is 0 Å². The van der Waals surface area contributed by atoms with Gasteiger partial charge >= 0.3 is 0 Å². The van der Waals surface area contributed by atoms with Gasteiger partial charge in [0.05, 0.1) is 44.2 Å². The van der Waals surface area contributed by atoms with E-state index in [1.54, 1.807) is 0 Å². The van der Waals surface area contributed by atoms with Gasteiger partial charge in [0.25, 0.3) is 0 Å². The molecule has 1 aliphatic carbocycles. The van der Waals surface area contributed by atoms with Crippen molar-refractivity contribution in [3.05, 3.63) is 35.9 Å². The predicted molar refractivity (Wildman–Crippen MR) is 85.6 cm³/mol. The fourth-order valence-electron chi connectivity index (χ4n) is 2.68. The lowest BCUT2D eigenvalue weighted by Gasteiger charge is -2.26. The number of aliphatic hydroxyl groups excluding tert-OH is 1. The predicted octanol–water partition coefficient (Wildman–Crippen LogP) is 0.794. The lowest BCUT2D eigenvalue weighted by molar-refractivity contribution is -0.208. The van der Waals surface area contributed by atoms with Crippen LogP contribution >= 0.6 is 0 Å². The molecule has 4 N–H and O–H groups in total. The Morgan fingerprint density at radius 1 is 1.17 bits per heavy atom. The summed E-state index contributed by atoms with van der Waals surface area (Å²) < 4.78 is 16.6. The molecular weight excluding hydrogens is 298 g/mol. The van der Waals surface area contributed by atoms with E-state index in [1.165, 1.54) is 13.8 Å². The molecule has 0 amide bonds. The molecule has 0 heterocycles. The Kier molecular flexibility index (Phi) is 6.52. The van der Waals surface area contributed by atoms with Crippen LogP contribution in [0.2, 0.25) is 0 Å². The minimum absolute atomic E-state index is 0.372. The number of benzene rings is 1. The molecule has 1 aromatic carbocycles. The van der Waals surface area contributed by atoms with Crippen LogP contribution in [0.4, 0.5) is 0 Å². The third-order valence-electron chi connectivity index (χ3n) is 3.78. The number of hydrogen-bond donors (Lipinski definition) is 3. The zero-order chi connectivity index (χ0) is 16.9. The van der Waals surface area contributed by atoms with Gasteiger partial charge in [-0.1, -0.05) is 30.3 Å². The Morgan fingerprint density at radius 2 is 1.87 bits per heavy atom. The van der Waals surface area contributed by atoms with E-state index in [4.69, 9.17) is 19.9 Å². The van der Waals surface area contributed by atoms with Crippen LogP contribution in [0.3, 0.4) is 0 Å². The molecule has 6 nitrogen and oxygen atoms in total. The maximum absolute atomic E-state index is 10.1. The maximum Gasteiger partial charge on any atom is 0.160 e. The van der Waals surface area contributed by atoms with E-state index < -0.39 is 30.1 Å². The zero-order valence-corrected chi connectivity index (χ0v) is 13.7. The molecule has 1 saturated carbocycles. The molecule has 2 unspecified atom stereocenters. The van der Waals surface area contributed by atoms with Crippen molar-refractivity contribution in [2.24, 2.45) is 5.73 Å². The SMILES string of the molecule is CC(C)(O)O[C@@H]1CC(OCCOCc2ccccc2)[C@H](O)C1N. The summed E-state index contributed by atoms with van der Waals surface area (Å²) >= 11 is 0. The first-order valence-corrected chi connectivity index (χ1v) is 7.94. The summed E-state index contributed by atoms with van der Waals surface area (Å²) in [4.78, 5) is 0. The number of rotatable bonds is 8. The summed E-state index contributed by atoms with van der Waals surface area (Å²) in [6, 6.07) is 9.32. The van der Waals surface area contributed by atoms with Crippen molar-refractivity contribution in [3.63, 3.8) is 0 Å². The molecule has 0 spiro atoms. The molecule has 0 radical (unpaired) electrons. The fraction of sp³-hybridized carbons (Fsp3) is 0.647. The zero-order valence-electron chi connectivity index (χ0n) is 13.7. The second kappa shape index (κ2) is 8.19. The highest BCUT2D eigenvalue weighted by Crippen LogP contribution is 2.27. The second-order valence-electron chi connectivity index (χ2n) is 6.35. The summed E-state index contributed by atoms with van der Waals surface area (Å²) in [6.45, 7) is 4.41. The van der Waals surface area contributed by atoms with Gasteiger partial charge < -0.3 is 30.2 Å². The maximum atomic E-state index is 10.1. The average molecular weight is 325 g/mol. The number of ether oxygens (including phenoxy) is 3. The lowest BCUT2D eigenvalue weighted by Crippen LogP contribution is -2.44. The Morgan fingerprint density at radius 3 is 2.52 bits per heavy atom. The molecule has 23 heavy (non-hydrogen) atoms. The van der Waals surface area contributed by atoms with Crippen LogP contribution in [0.15, 0.2) is 30.3 Å². The van der Waals surface area contributed by atoms with Crippen LogP contribution in [0, 0.1) is 0 Å². The largest absolute Gasteiger partial charge is 0.389 e. The van der Waals surface area contributed by atoms with Gasteiger partial charge in [-0.15, -0.1) is 0 Å². The third-order valence-corrected chi connectivity index (χ3v) is 3.78. The number of aliphatic hydroxyl groups is 2. The first-order valence-electron chi connectivity index (χ1n) is 7.94. The Hall–Kier alpha value is -1.02. The molecule has 6 heteroatoms. The summed E-state index contributed by atoms with van der Waals surface area (Å²) in [5.41, 5.74) is 7.03. The molecule has 4 atom stereocenters. The molecule has 0 saturated heterocycles. The van der Waals surface area contributed by atoms with E-state index in [0.29, 0.717) is 26.2 Å². The van der Waals surface area contributed by atoms with Crippen LogP contribution in [-0.4, -0.2) is 53.6 Å². The Labute approximate surface area is 137 Å². The molecule has 1 aromatic rings. The van der Waals surface area contributed by atoms with E-state index in [2.05, 4.69) is 0 Å². The van der Waals surface area contributed by atoms with Crippen LogP contribution in [-0.2, 0) is 20.8 Å². The molecule has 1 fully saturated rings. The van der Waals surface area contributed by atoms with Gasteiger partial charge in [0.15, 0.2) is 5.79 Å². The van der Waals surface area contributed by atoms with Crippen molar-refractivity contribution >= 4 is 0 Å². The van der Waals surface area contributed by atoms with Crippen LogP contribution in [0.1, 0.15) is 25.8 Å². The van der Waals surface area contributed by atoms with Gasteiger partial charge in [-0.05, 0) is 19.4 Å². The molecule has 0 aromatic heterocycles. The minimum atomic E-state index is -1.28. The summed E-state index contributed by atoms with van der Waals surface area (Å²) in [6.07, 6.45) is -1.19. The van der Waals surface area contributed by atoms with Gasteiger partial charge in [-0.3, -0.25) is 0 Å². The second-order valence-corrected chi connectivity index (χ2v) is 6.35. The van der Waals surface area contributed by atoms with Crippen molar-refractivity contribution in [2.45, 2.75) is 57.0 Å². The quantitative estimate of drug-likeness (QED) is 0.483. The third kappa shape index (κ3) is 5.84. The van der Waals surface area contributed by atoms with Gasteiger partial charge in [-0.2, -0.15) is 0 Å².